The minimum Gasteiger partial charge on any atom is -0.306 e. The summed E-state index contributed by atoms with van der Waals surface area (Å²) in [4.78, 5) is 1.47. The highest BCUT2D eigenvalue weighted by atomic mass is 32.1. The molecule has 2 aliphatic rings. The van der Waals surface area contributed by atoms with Gasteiger partial charge in [0.05, 0.1) is 0 Å². The number of hydrogen-bond acceptors (Lipinski definition) is 2. The molecule has 0 radical (unpaired) electrons. The molecule has 0 saturated heterocycles. The lowest BCUT2D eigenvalue weighted by molar-refractivity contribution is 0.116. The van der Waals surface area contributed by atoms with Crippen LogP contribution in [0.1, 0.15) is 57.9 Å². The molecule has 1 N–H and O–H groups in total. The summed E-state index contributed by atoms with van der Waals surface area (Å²) in [5, 5.41) is 6.10. The summed E-state index contributed by atoms with van der Waals surface area (Å²) >= 11 is 1.87. The van der Waals surface area contributed by atoms with Gasteiger partial charge >= 0.3 is 0 Å². The average molecular weight is 263 g/mol. The lowest BCUT2D eigenvalue weighted by atomic mass is 9.69. The molecule has 1 aromatic heterocycles. The van der Waals surface area contributed by atoms with E-state index in [1.807, 2.05) is 11.3 Å². The normalized spacial score (nSPS) is 39.1. The van der Waals surface area contributed by atoms with Crippen LogP contribution in [0.25, 0.3) is 0 Å². The average Bonchev–Trinajstić information content (AvgIpc) is 2.95. The van der Waals surface area contributed by atoms with E-state index in [1.165, 1.54) is 24.1 Å². The van der Waals surface area contributed by atoms with Crippen LogP contribution < -0.4 is 5.32 Å². The van der Waals surface area contributed by atoms with Crippen molar-refractivity contribution in [1.29, 1.82) is 0 Å². The Kier molecular flexibility index (Phi) is 2.87. The van der Waals surface area contributed by atoms with Crippen molar-refractivity contribution in [2.75, 3.05) is 0 Å². The third kappa shape index (κ3) is 1.61. The van der Waals surface area contributed by atoms with Crippen molar-refractivity contribution >= 4 is 11.3 Å². The van der Waals surface area contributed by atoms with Gasteiger partial charge in [-0.05, 0) is 54.4 Å². The molecule has 0 aromatic carbocycles. The van der Waals surface area contributed by atoms with E-state index in [0.717, 1.165) is 5.92 Å². The lowest BCUT2D eigenvalue weighted by Crippen LogP contribution is -2.45. The summed E-state index contributed by atoms with van der Waals surface area (Å²) in [6.45, 7) is 9.80. The predicted octanol–water partition coefficient (Wildman–Crippen LogP) is 4.61. The zero-order valence-corrected chi connectivity index (χ0v) is 12.8. The third-order valence-electron chi connectivity index (χ3n) is 6.22. The molecule has 2 aliphatic carbocycles. The van der Waals surface area contributed by atoms with E-state index in [2.05, 4.69) is 50.5 Å². The van der Waals surface area contributed by atoms with E-state index in [0.29, 0.717) is 22.9 Å². The molecule has 100 valence electrons. The first-order chi connectivity index (χ1) is 8.45. The molecule has 0 amide bonds. The van der Waals surface area contributed by atoms with Crippen molar-refractivity contribution in [3.63, 3.8) is 0 Å². The van der Waals surface area contributed by atoms with Gasteiger partial charge in [-0.25, -0.2) is 0 Å². The minimum atomic E-state index is 0.489. The van der Waals surface area contributed by atoms with Crippen molar-refractivity contribution in [2.24, 2.45) is 16.7 Å². The van der Waals surface area contributed by atoms with E-state index in [1.54, 1.807) is 0 Å². The number of thiophene rings is 1. The molecule has 3 unspecified atom stereocenters. The Bertz CT molecular complexity index is 422. The van der Waals surface area contributed by atoms with Gasteiger partial charge in [0.1, 0.15) is 0 Å². The van der Waals surface area contributed by atoms with Crippen LogP contribution in [0.5, 0.6) is 0 Å². The van der Waals surface area contributed by atoms with E-state index < -0.39 is 0 Å². The SMILES string of the molecule is C[C@@H](NC1CC2CCC1(C)C2(C)C)c1cccs1. The second-order valence-electron chi connectivity index (χ2n) is 7.07. The molecule has 0 spiro atoms. The van der Waals surface area contributed by atoms with Gasteiger partial charge in [0.15, 0.2) is 0 Å². The summed E-state index contributed by atoms with van der Waals surface area (Å²) in [7, 11) is 0. The minimum absolute atomic E-state index is 0.489. The Morgan fingerprint density at radius 3 is 2.67 bits per heavy atom. The van der Waals surface area contributed by atoms with E-state index in [4.69, 9.17) is 0 Å². The van der Waals surface area contributed by atoms with Crippen LogP contribution in [-0.2, 0) is 0 Å². The number of nitrogens with one attached hydrogen (secondary N) is 1. The molecule has 4 atom stereocenters. The van der Waals surface area contributed by atoms with E-state index in [9.17, 15) is 0 Å². The number of fused-ring (bicyclic) bond motifs is 2. The molecular weight excluding hydrogens is 238 g/mol. The van der Waals surface area contributed by atoms with Crippen LogP contribution in [0.3, 0.4) is 0 Å². The van der Waals surface area contributed by atoms with E-state index >= 15 is 0 Å². The predicted molar refractivity (Wildman–Crippen MR) is 78.9 cm³/mol. The number of rotatable bonds is 3. The van der Waals surface area contributed by atoms with Gasteiger partial charge in [-0.3, -0.25) is 0 Å². The van der Waals surface area contributed by atoms with Crippen LogP contribution in [0.2, 0.25) is 0 Å². The highest BCUT2D eigenvalue weighted by Gasteiger charge is 2.61. The Morgan fingerprint density at radius 2 is 2.17 bits per heavy atom. The van der Waals surface area contributed by atoms with Crippen molar-refractivity contribution in [2.45, 2.75) is 59.0 Å². The molecule has 2 heteroatoms. The van der Waals surface area contributed by atoms with Crippen LogP contribution in [0.15, 0.2) is 17.5 Å². The maximum atomic E-state index is 3.92. The first kappa shape index (κ1) is 12.7. The Morgan fingerprint density at radius 1 is 1.39 bits per heavy atom. The first-order valence-electron chi connectivity index (χ1n) is 7.24. The fourth-order valence-electron chi connectivity index (χ4n) is 4.38. The van der Waals surface area contributed by atoms with Gasteiger partial charge in [-0.1, -0.05) is 26.8 Å². The maximum Gasteiger partial charge on any atom is 0.0388 e. The van der Waals surface area contributed by atoms with Crippen molar-refractivity contribution in [1.82, 2.24) is 5.32 Å². The highest BCUT2D eigenvalue weighted by molar-refractivity contribution is 7.10. The van der Waals surface area contributed by atoms with Crippen LogP contribution >= 0.6 is 11.3 Å². The third-order valence-corrected chi connectivity index (χ3v) is 7.27. The maximum absolute atomic E-state index is 3.92. The Labute approximate surface area is 115 Å². The summed E-state index contributed by atoms with van der Waals surface area (Å²) < 4.78 is 0. The van der Waals surface area contributed by atoms with Crippen molar-refractivity contribution in [3.8, 4) is 0 Å². The van der Waals surface area contributed by atoms with Crippen molar-refractivity contribution < 1.29 is 0 Å². The summed E-state index contributed by atoms with van der Waals surface area (Å²) in [6.07, 6.45) is 4.22. The van der Waals surface area contributed by atoms with Crippen LogP contribution in [0.4, 0.5) is 0 Å². The highest BCUT2D eigenvalue weighted by Crippen LogP contribution is 2.65. The molecule has 1 nitrogen and oxygen atoms in total. The fraction of sp³-hybridized carbons (Fsp3) is 0.750. The molecule has 1 aromatic rings. The molecule has 18 heavy (non-hydrogen) atoms. The molecule has 2 fully saturated rings. The number of hydrogen-bond donors (Lipinski definition) is 1. The lowest BCUT2D eigenvalue weighted by Gasteiger charge is -2.40. The van der Waals surface area contributed by atoms with Gasteiger partial charge in [-0.2, -0.15) is 0 Å². The molecule has 2 bridgehead atoms. The zero-order valence-electron chi connectivity index (χ0n) is 12.0. The van der Waals surface area contributed by atoms with Gasteiger partial charge < -0.3 is 5.32 Å². The summed E-state index contributed by atoms with van der Waals surface area (Å²) in [5.41, 5.74) is 1.00. The molecular formula is C16H25NS. The fourth-order valence-corrected chi connectivity index (χ4v) is 5.12. The quantitative estimate of drug-likeness (QED) is 0.839. The first-order valence-corrected chi connectivity index (χ1v) is 8.12. The smallest absolute Gasteiger partial charge is 0.0388 e. The summed E-state index contributed by atoms with van der Waals surface area (Å²) in [6, 6.07) is 5.61. The van der Waals surface area contributed by atoms with Gasteiger partial charge in [-0.15, -0.1) is 11.3 Å². The molecule has 0 aliphatic heterocycles. The van der Waals surface area contributed by atoms with Crippen LogP contribution in [-0.4, -0.2) is 6.04 Å². The molecule has 1 heterocycles. The molecule has 3 rings (SSSR count). The summed E-state index contributed by atoms with van der Waals surface area (Å²) in [5.74, 6) is 0.926. The monoisotopic (exact) mass is 263 g/mol. The Hall–Kier alpha value is -0.340. The van der Waals surface area contributed by atoms with Crippen LogP contribution in [0, 0.1) is 16.7 Å². The second-order valence-corrected chi connectivity index (χ2v) is 8.05. The van der Waals surface area contributed by atoms with Gasteiger partial charge in [0, 0.05) is 17.0 Å². The second kappa shape index (κ2) is 4.08. The largest absolute Gasteiger partial charge is 0.306 e. The van der Waals surface area contributed by atoms with Gasteiger partial charge in [0.25, 0.3) is 0 Å². The zero-order chi connectivity index (χ0) is 13.0. The molecule has 2 saturated carbocycles. The Balaban J connectivity index is 1.76. The standard InChI is InChI=1S/C16H25NS/c1-11(13-6-5-9-18-13)17-14-10-12-7-8-16(14,4)15(12,2)3/h5-6,9,11-12,14,17H,7-8,10H2,1-4H3/t11-,12?,14?,16?/m1/s1. The van der Waals surface area contributed by atoms with E-state index in [-0.39, 0.29) is 0 Å². The van der Waals surface area contributed by atoms with Gasteiger partial charge in [0.2, 0.25) is 0 Å². The topological polar surface area (TPSA) is 12.0 Å². The van der Waals surface area contributed by atoms with Crippen molar-refractivity contribution in [3.05, 3.63) is 22.4 Å².